The lowest BCUT2D eigenvalue weighted by atomic mass is 9.96. The van der Waals surface area contributed by atoms with Crippen LogP contribution in [0.3, 0.4) is 0 Å². The summed E-state index contributed by atoms with van der Waals surface area (Å²) in [7, 11) is 0. The van der Waals surface area contributed by atoms with E-state index in [1.807, 2.05) is 0 Å². The quantitative estimate of drug-likeness (QED) is 0.432. The van der Waals surface area contributed by atoms with E-state index >= 15 is 0 Å². The molecule has 0 unspecified atom stereocenters. The Kier molecular flexibility index (Phi) is 4.92. The average Bonchev–Trinajstić information content (AvgIpc) is 2.63. The molecule has 134 valence electrons. The molecule has 1 nitrogen and oxygen atoms in total. The van der Waals surface area contributed by atoms with Crippen LogP contribution in [-0.4, -0.2) is 0 Å². The Bertz CT molecular complexity index is 880. The summed E-state index contributed by atoms with van der Waals surface area (Å²) in [6.07, 6.45) is 0. The van der Waals surface area contributed by atoms with Crippen LogP contribution >= 0.6 is 11.6 Å². The van der Waals surface area contributed by atoms with E-state index in [4.69, 9.17) is 16.3 Å². The second-order valence-corrected chi connectivity index (χ2v) is 6.04. The molecule has 0 aliphatic carbocycles. The zero-order valence-corrected chi connectivity index (χ0v) is 14.1. The smallest absolute Gasteiger partial charge is 0.339 e. The fourth-order valence-electron chi connectivity index (χ4n) is 2.40. The third kappa shape index (κ3) is 3.53. The van der Waals surface area contributed by atoms with E-state index in [0.717, 1.165) is 24.3 Å². The standard InChI is InChI=1S/C20H13ClF4O/c21-16-6-4-5-15(13-16)20(24,25)19(22,23)14-9-11-18(12-10-14)26-17-7-2-1-3-8-17/h1-13H. The summed E-state index contributed by atoms with van der Waals surface area (Å²) in [6, 6.07) is 17.3. The molecule has 0 heterocycles. The van der Waals surface area contributed by atoms with E-state index in [1.165, 1.54) is 24.3 Å². The molecule has 0 N–H and O–H groups in total. The van der Waals surface area contributed by atoms with Crippen molar-refractivity contribution in [3.8, 4) is 11.5 Å². The van der Waals surface area contributed by atoms with E-state index in [9.17, 15) is 17.6 Å². The monoisotopic (exact) mass is 380 g/mol. The molecule has 0 saturated carbocycles. The van der Waals surface area contributed by atoms with Crippen LogP contribution in [0.2, 0.25) is 5.02 Å². The van der Waals surface area contributed by atoms with Crippen molar-refractivity contribution in [2.75, 3.05) is 0 Å². The third-order valence-corrected chi connectivity index (χ3v) is 4.01. The Morgan fingerprint density at radius 2 is 1.19 bits per heavy atom. The van der Waals surface area contributed by atoms with Gasteiger partial charge in [0.15, 0.2) is 0 Å². The highest BCUT2D eigenvalue weighted by molar-refractivity contribution is 6.30. The van der Waals surface area contributed by atoms with Gasteiger partial charge in [-0.15, -0.1) is 0 Å². The zero-order chi connectivity index (χ0) is 18.8. The van der Waals surface area contributed by atoms with Gasteiger partial charge in [0.05, 0.1) is 0 Å². The van der Waals surface area contributed by atoms with Crippen LogP contribution in [-0.2, 0) is 11.8 Å². The number of rotatable bonds is 5. The van der Waals surface area contributed by atoms with Crippen molar-refractivity contribution in [1.29, 1.82) is 0 Å². The number of halogens is 5. The minimum absolute atomic E-state index is 0.0374. The van der Waals surface area contributed by atoms with Crippen LogP contribution in [0.4, 0.5) is 17.6 Å². The molecule has 0 fully saturated rings. The van der Waals surface area contributed by atoms with Gasteiger partial charge in [-0.25, -0.2) is 0 Å². The molecule has 0 aromatic heterocycles. The van der Waals surface area contributed by atoms with Crippen LogP contribution in [0.5, 0.6) is 11.5 Å². The molecular weight excluding hydrogens is 368 g/mol. The van der Waals surface area contributed by atoms with Crippen LogP contribution in [0.25, 0.3) is 0 Å². The maximum atomic E-state index is 14.5. The predicted molar refractivity (Wildman–Crippen MR) is 92.2 cm³/mol. The minimum Gasteiger partial charge on any atom is -0.457 e. The molecular formula is C20H13ClF4O. The fraction of sp³-hybridized carbons (Fsp3) is 0.100. The van der Waals surface area contributed by atoms with Gasteiger partial charge < -0.3 is 4.74 Å². The van der Waals surface area contributed by atoms with Gasteiger partial charge in [-0.3, -0.25) is 0 Å². The molecule has 0 bridgehead atoms. The second-order valence-electron chi connectivity index (χ2n) is 5.60. The zero-order valence-electron chi connectivity index (χ0n) is 13.3. The maximum absolute atomic E-state index is 14.5. The Hall–Kier alpha value is -2.53. The van der Waals surface area contributed by atoms with Gasteiger partial charge in [0.2, 0.25) is 0 Å². The molecule has 0 aliphatic rings. The number of ether oxygens (including phenoxy) is 1. The van der Waals surface area contributed by atoms with Crippen molar-refractivity contribution < 1.29 is 22.3 Å². The lowest BCUT2D eigenvalue weighted by Gasteiger charge is -2.27. The summed E-state index contributed by atoms with van der Waals surface area (Å²) in [6.45, 7) is 0. The summed E-state index contributed by atoms with van der Waals surface area (Å²) in [5.74, 6) is -8.05. The summed E-state index contributed by atoms with van der Waals surface area (Å²) < 4.78 is 63.2. The third-order valence-electron chi connectivity index (χ3n) is 3.78. The van der Waals surface area contributed by atoms with Gasteiger partial charge >= 0.3 is 11.8 Å². The first-order valence-corrected chi connectivity index (χ1v) is 8.03. The Balaban J connectivity index is 1.87. The van der Waals surface area contributed by atoms with Crippen molar-refractivity contribution in [3.05, 3.63) is 95.0 Å². The van der Waals surface area contributed by atoms with Crippen LogP contribution in [0.1, 0.15) is 11.1 Å². The van der Waals surface area contributed by atoms with Crippen LogP contribution < -0.4 is 4.74 Å². The fourth-order valence-corrected chi connectivity index (χ4v) is 2.59. The van der Waals surface area contributed by atoms with Gasteiger partial charge in [-0.1, -0.05) is 41.9 Å². The number of hydrogen-bond acceptors (Lipinski definition) is 1. The van der Waals surface area contributed by atoms with E-state index in [0.29, 0.717) is 5.75 Å². The summed E-state index contributed by atoms with van der Waals surface area (Å²) in [4.78, 5) is 0. The van der Waals surface area contributed by atoms with Crippen molar-refractivity contribution in [2.24, 2.45) is 0 Å². The Morgan fingerprint density at radius 1 is 0.615 bits per heavy atom. The molecule has 0 atom stereocenters. The highest BCUT2D eigenvalue weighted by atomic mass is 35.5. The second kappa shape index (κ2) is 7.00. The van der Waals surface area contributed by atoms with Gasteiger partial charge in [0.25, 0.3) is 0 Å². The highest BCUT2D eigenvalue weighted by Gasteiger charge is 2.58. The molecule has 0 saturated heterocycles. The normalized spacial score (nSPS) is 12.0. The molecule has 0 aliphatic heterocycles. The van der Waals surface area contributed by atoms with E-state index in [2.05, 4.69) is 0 Å². The van der Waals surface area contributed by atoms with Gasteiger partial charge in [-0.05, 0) is 48.5 Å². The number of para-hydroxylation sites is 1. The molecule has 3 aromatic carbocycles. The Labute approximate surface area is 152 Å². The number of benzene rings is 3. The molecule has 3 rings (SSSR count). The largest absolute Gasteiger partial charge is 0.457 e. The van der Waals surface area contributed by atoms with Crippen LogP contribution in [0, 0.1) is 0 Å². The molecule has 0 radical (unpaired) electrons. The van der Waals surface area contributed by atoms with Crippen molar-refractivity contribution in [3.63, 3.8) is 0 Å². The average molecular weight is 381 g/mol. The molecule has 3 aromatic rings. The SMILES string of the molecule is FC(F)(c1ccc(Oc2ccccc2)cc1)C(F)(F)c1cccc(Cl)c1. The van der Waals surface area contributed by atoms with Gasteiger partial charge in [0.1, 0.15) is 11.5 Å². The number of hydrogen-bond donors (Lipinski definition) is 0. The topological polar surface area (TPSA) is 9.23 Å². The van der Waals surface area contributed by atoms with Crippen molar-refractivity contribution >= 4 is 11.6 Å². The van der Waals surface area contributed by atoms with E-state index < -0.39 is 23.0 Å². The Morgan fingerprint density at radius 3 is 1.81 bits per heavy atom. The molecule has 6 heteroatoms. The molecule has 26 heavy (non-hydrogen) atoms. The van der Waals surface area contributed by atoms with E-state index in [-0.39, 0.29) is 10.8 Å². The maximum Gasteiger partial charge on any atom is 0.339 e. The first kappa shape index (κ1) is 18.3. The summed E-state index contributed by atoms with van der Waals surface area (Å²) in [5, 5.41) is -0.0374. The van der Waals surface area contributed by atoms with Crippen molar-refractivity contribution in [2.45, 2.75) is 11.8 Å². The summed E-state index contributed by atoms with van der Waals surface area (Å²) >= 11 is 5.65. The van der Waals surface area contributed by atoms with Gasteiger partial charge in [0, 0.05) is 16.1 Å². The molecule has 0 amide bonds. The van der Waals surface area contributed by atoms with Gasteiger partial charge in [-0.2, -0.15) is 17.6 Å². The number of alkyl halides is 4. The lowest BCUT2D eigenvalue weighted by molar-refractivity contribution is -0.223. The molecule has 0 spiro atoms. The first-order chi connectivity index (χ1) is 12.3. The minimum atomic E-state index is -4.42. The lowest BCUT2D eigenvalue weighted by Crippen LogP contribution is -2.35. The predicted octanol–water partition coefficient (Wildman–Crippen LogP) is 7.02. The van der Waals surface area contributed by atoms with E-state index in [1.54, 1.807) is 30.3 Å². The van der Waals surface area contributed by atoms with Crippen LogP contribution in [0.15, 0.2) is 78.9 Å². The summed E-state index contributed by atoms with van der Waals surface area (Å²) in [5.41, 5.74) is -1.66. The first-order valence-electron chi connectivity index (χ1n) is 7.66. The van der Waals surface area contributed by atoms with Crippen molar-refractivity contribution in [1.82, 2.24) is 0 Å². The highest BCUT2D eigenvalue weighted by Crippen LogP contribution is 2.50.